The van der Waals surface area contributed by atoms with Gasteiger partial charge in [0.1, 0.15) is 11.8 Å². The van der Waals surface area contributed by atoms with Crippen molar-refractivity contribution in [3.63, 3.8) is 0 Å². The molecule has 0 aliphatic carbocycles. The molecule has 0 radical (unpaired) electrons. The quantitative estimate of drug-likeness (QED) is 0.223. The summed E-state index contributed by atoms with van der Waals surface area (Å²) < 4.78 is 18.1. The largest absolute Gasteiger partial charge is 0.546 e. The van der Waals surface area contributed by atoms with Crippen LogP contribution in [0, 0.1) is 0 Å². The van der Waals surface area contributed by atoms with E-state index in [-0.39, 0.29) is 12.0 Å². The Hall–Kier alpha value is -2.44. The number of carbonyl (C=O) groups excluding carboxylic acids is 1. The molecule has 2 aromatic carbocycles. The molecule has 0 amide bonds. The van der Waals surface area contributed by atoms with Crippen LogP contribution < -0.4 is 9.64 Å². The third-order valence-corrected chi connectivity index (χ3v) is 13.8. The Morgan fingerprint density at radius 2 is 1.54 bits per heavy atom. The van der Waals surface area contributed by atoms with Crippen molar-refractivity contribution in [3.05, 3.63) is 71.0 Å². The summed E-state index contributed by atoms with van der Waals surface area (Å²) in [5, 5.41) is 0.670. The Bertz CT molecular complexity index is 1040. The summed E-state index contributed by atoms with van der Waals surface area (Å²) in [5.41, 5.74) is 3.20. The standard InChI is InChI=1S/C30H42ClNO4Si/c1-9-35-30(33)29-19-27(36-37(20(2)3,21(4)5)22(6)7)18-28(23-10-12-24(31)13-11-23)32(29)25-14-16-26(34-8)17-15-25/h10-18,20-22,28-29H,9,19H2,1-8H3/t28-,29-/m0/s1. The van der Waals surface area contributed by atoms with E-state index >= 15 is 0 Å². The molecule has 202 valence electrons. The van der Waals surface area contributed by atoms with E-state index in [0.717, 1.165) is 22.8 Å². The van der Waals surface area contributed by atoms with E-state index in [9.17, 15) is 4.79 Å². The molecule has 0 spiro atoms. The average Bonchev–Trinajstić information content (AvgIpc) is 2.86. The summed E-state index contributed by atoms with van der Waals surface area (Å²) in [4.78, 5) is 15.6. The number of methoxy groups -OCH3 is 1. The molecular formula is C30H42ClNO4Si. The highest BCUT2D eigenvalue weighted by atomic mass is 35.5. The fraction of sp³-hybridized carbons (Fsp3) is 0.500. The van der Waals surface area contributed by atoms with Crippen LogP contribution in [-0.2, 0) is 14.0 Å². The second-order valence-corrected chi connectivity index (χ2v) is 16.4. The van der Waals surface area contributed by atoms with Crippen molar-refractivity contribution in [1.82, 2.24) is 0 Å². The first kappa shape index (κ1) is 29.1. The van der Waals surface area contributed by atoms with Gasteiger partial charge in [-0.1, -0.05) is 65.3 Å². The van der Waals surface area contributed by atoms with E-state index in [2.05, 4.69) is 52.5 Å². The van der Waals surface area contributed by atoms with Gasteiger partial charge in [0, 0.05) is 17.1 Å². The van der Waals surface area contributed by atoms with E-state index in [0.29, 0.717) is 34.7 Å². The van der Waals surface area contributed by atoms with Gasteiger partial charge in [0.25, 0.3) is 8.32 Å². The Morgan fingerprint density at radius 3 is 2.03 bits per heavy atom. The van der Waals surface area contributed by atoms with Crippen molar-refractivity contribution in [2.75, 3.05) is 18.6 Å². The van der Waals surface area contributed by atoms with Gasteiger partial charge in [-0.2, -0.15) is 0 Å². The first-order valence-electron chi connectivity index (χ1n) is 13.3. The maximum atomic E-state index is 13.5. The molecule has 3 rings (SSSR count). The highest BCUT2D eigenvalue weighted by molar-refractivity contribution is 6.77. The third-order valence-electron chi connectivity index (χ3n) is 7.53. The summed E-state index contributed by atoms with van der Waals surface area (Å²) in [6.45, 7) is 15.8. The van der Waals surface area contributed by atoms with Gasteiger partial charge in [-0.15, -0.1) is 0 Å². The number of nitrogens with zero attached hydrogens (tertiary/aromatic N) is 1. The number of halogens is 1. The van der Waals surface area contributed by atoms with Crippen molar-refractivity contribution < 1.29 is 18.7 Å². The summed E-state index contributed by atoms with van der Waals surface area (Å²) in [6.07, 6.45) is 2.65. The van der Waals surface area contributed by atoms with Gasteiger partial charge >= 0.3 is 5.97 Å². The number of benzene rings is 2. The molecule has 0 aromatic heterocycles. The second-order valence-electron chi connectivity index (χ2n) is 10.6. The Morgan fingerprint density at radius 1 is 0.973 bits per heavy atom. The van der Waals surface area contributed by atoms with Crippen molar-refractivity contribution in [2.24, 2.45) is 0 Å². The van der Waals surface area contributed by atoms with Gasteiger partial charge < -0.3 is 18.8 Å². The molecule has 1 heterocycles. The van der Waals surface area contributed by atoms with Crippen LogP contribution in [0.5, 0.6) is 5.75 Å². The molecule has 2 aromatic rings. The van der Waals surface area contributed by atoms with Gasteiger partial charge in [-0.3, -0.25) is 0 Å². The number of hydrogen-bond donors (Lipinski definition) is 0. The zero-order chi connectivity index (χ0) is 27.3. The lowest BCUT2D eigenvalue weighted by Crippen LogP contribution is -2.51. The molecule has 0 saturated carbocycles. The van der Waals surface area contributed by atoms with Crippen LogP contribution in [0.1, 0.15) is 66.5 Å². The number of hydrogen-bond acceptors (Lipinski definition) is 5. The first-order valence-corrected chi connectivity index (χ1v) is 15.8. The minimum Gasteiger partial charge on any atom is -0.546 e. The van der Waals surface area contributed by atoms with E-state index in [4.69, 9.17) is 25.5 Å². The first-order chi connectivity index (χ1) is 17.5. The highest BCUT2D eigenvalue weighted by Crippen LogP contribution is 2.46. The number of esters is 1. The molecule has 0 bridgehead atoms. The van der Waals surface area contributed by atoms with Crippen LogP contribution in [0.3, 0.4) is 0 Å². The molecule has 1 aliphatic rings. The molecular weight excluding hydrogens is 502 g/mol. The minimum atomic E-state index is -2.23. The summed E-state index contributed by atoms with van der Waals surface area (Å²) in [6, 6.07) is 14.9. The van der Waals surface area contributed by atoms with Crippen molar-refractivity contribution >= 4 is 31.6 Å². The van der Waals surface area contributed by atoms with Crippen molar-refractivity contribution in [1.29, 1.82) is 0 Å². The van der Waals surface area contributed by atoms with Gasteiger partial charge in [0.2, 0.25) is 0 Å². The lowest BCUT2D eigenvalue weighted by atomic mass is 9.94. The molecule has 37 heavy (non-hydrogen) atoms. The monoisotopic (exact) mass is 543 g/mol. The zero-order valence-corrected chi connectivity index (χ0v) is 25.2. The number of anilines is 1. The van der Waals surface area contributed by atoms with Gasteiger partial charge in [0.05, 0.1) is 25.5 Å². The fourth-order valence-corrected chi connectivity index (χ4v) is 11.3. The minimum absolute atomic E-state index is 0.234. The average molecular weight is 544 g/mol. The third kappa shape index (κ3) is 6.18. The van der Waals surface area contributed by atoms with E-state index in [1.54, 1.807) is 7.11 Å². The molecule has 2 atom stereocenters. The summed E-state index contributed by atoms with van der Waals surface area (Å²) in [5.74, 6) is 1.39. The van der Waals surface area contributed by atoms with Crippen LogP contribution in [0.4, 0.5) is 5.69 Å². The molecule has 5 nitrogen and oxygen atoms in total. The van der Waals surface area contributed by atoms with Crippen LogP contribution in [0.15, 0.2) is 60.4 Å². The maximum absolute atomic E-state index is 13.5. The van der Waals surface area contributed by atoms with Crippen LogP contribution in [0.2, 0.25) is 21.6 Å². The van der Waals surface area contributed by atoms with Crippen molar-refractivity contribution in [2.45, 2.75) is 83.6 Å². The van der Waals surface area contributed by atoms with Gasteiger partial charge in [0.15, 0.2) is 0 Å². The molecule has 0 N–H and O–H groups in total. The van der Waals surface area contributed by atoms with Gasteiger partial charge in [-0.25, -0.2) is 4.79 Å². The topological polar surface area (TPSA) is 48.0 Å². The molecule has 0 fully saturated rings. The predicted octanol–water partition coefficient (Wildman–Crippen LogP) is 8.31. The van der Waals surface area contributed by atoms with Gasteiger partial charge in [-0.05, 0) is 71.6 Å². The molecule has 0 saturated heterocycles. The molecule has 7 heteroatoms. The van der Waals surface area contributed by atoms with E-state index < -0.39 is 14.4 Å². The number of ether oxygens (including phenoxy) is 2. The Labute approximate surface area is 228 Å². The summed E-state index contributed by atoms with van der Waals surface area (Å²) >= 11 is 6.24. The Balaban J connectivity index is 2.19. The fourth-order valence-electron chi connectivity index (χ4n) is 5.91. The molecule has 1 aliphatic heterocycles. The summed E-state index contributed by atoms with van der Waals surface area (Å²) in [7, 11) is -0.580. The van der Waals surface area contributed by atoms with Crippen LogP contribution >= 0.6 is 11.6 Å². The van der Waals surface area contributed by atoms with Crippen LogP contribution in [-0.4, -0.2) is 34.0 Å². The normalized spacial score (nSPS) is 18.3. The zero-order valence-electron chi connectivity index (χ0n) is 23.5. The lowest BCUT2D eigenvalue weighted by molar-refractivity contribution is -0.145. The second kappa shape index (κ2) is 12.4. The smallest absolute Gasteiger partial charge is 0.329 e. The number of carbonyl (C=O) groups is 1. The van der Waals surface area contributed by atoms with E-state index in [1.165, 1.54) is 0 Å². The highest BCUT2D eigenvalue weighted by Gasteiger charge is 2.49. The molecule has 0 unspecified atom stereocenters. The SMILES string of the molecule is CCOC(=O)[C@@H]1CC(O[Si](C(C)C)(C(C)C)C(C)C)=C[C@@H](c2ccc(Cl)cc2)N1c1ccc(OC)cc1. The predicted molar refractivity (Wildman–Crippen MR) is 155 cm³/mol. The van der Waals surface area contributed by atoms with Crippen molar-refractivity contribution in [3.8, 4) is 5.75 Å². The number of rotatable bonds is 10. The van der Waals surface area contributed by atoms with E-state index in [1.807, 2.05) is 55.5 Å². The lowest BCUT2D eigenvalue weighted by Gasteiger charge is -2.47. The maximum Gasteiger partial charge on any atom is 0.329 e. The van der Waals surface area contributed by atoms with Crippen LogP contribution in [0.25, 0.3) is 0 Å². The Kier molecular flexibility index (Phi) is 9.76.